The summed E-state index contributed by atoms with van der Waals surface area (Å²) in [4.78, 5) is 0.987. The Hall–Kier alpha value is -1.43. The number of thiol groups is 1. The second-order valence-corrected chi connectivity index (χ2v) is 10.9. The van der Waals surface area contributed by atoms with Gasteiger partial charge < -0.3 is 0 Å². The van der Waals surface area contributed by atoms with Crippen LogP contribution in [0.1, 0.15) is 5.56 Å². The summed E-state index contributed by atoms with van der Waals surface area (Å²) in [6, 6.07) is 16.6. The topological polar surface area (TPSA) is 0 Å². The predicted octanol–water partition coefficient (Wildman–Crippen LogP) is 4.87. The first-order valence-corrected chi connectivity index (χ1v) is 10.3. The number of hydrogen-bond acceptors (Lipinski definition) is 1. The van der Waals surface area contributed by atoms with Crippen LogP contribution in [0.15, 0.2) is 53.4 Å². The average Bonchev–Trinajstić information content (AvgIpc) is 2.37. The highest BCUT2D eigenvalue weighted by Crippen LogP contribution is 2.21. The Balaban J connectivity index is 2.23. The molecular weight excluding hydrogens is 264 g/mol. The quantitative estimate of drug-likeness (QED) is 0.430. The molecule has 0 unspecified atom stereocenters. The highest BCUT2D eigenvalue weighted by atomic mass is 32.1. The third-order valence-electron chi connectivity index (χ3n) is 2.67. The lowest BCUT2D eigenvalue weighted by Crippen LogP contribution is -2.16. The molecule has 0 heterocycles. The lowest BCUT2D eigenvalue weighted by Gasteiger charge is -2.04. The summed E-state index contributed by atoms with van der Waals surface area (Å²) in [6.07, 6.45) is 0. The Kier molecular flexibility index (Phi) is 4.19. The van der Waals surface area contributed by atoms with Crippen molar-refractivity contribution in [1.29, 1.82) is 0 Å². The van der Waals surface area contributed by atoms with Gasteiger partial charge in [-0.05, 0) is 35.4 Å². The third-order valence-corrected chi connectivity index (χ3v) is 3.84. The molecule has 2 rings (SSSR count). The molecule has 0 aliphatic rings. The minimum Gasteiger partial charge on any atom is -0.143 e. The normalized spacial score (nSPS) is 10.7. The number of hydrogen-bond donors (Lipinski definition) is 1. The molecule has 96 valence electrons. The predicted molar refractivity (Wildman–Crippen MR) is 89.4 cm³/mol. The first-order valence-electron chi connectivity index (χ1n) is 6.37. The molecule has 0 radical (unpaired) electrons. The smallest absolute Gasteiger partial charge is 0.129 e. The van der Waals surface area contributed by atoms with Crippen molar-refractivity contribution < 1.29 is 0 Å². The molecule has 0 saturated carbocycles. The van der Waals surface area contributed by atoms with Gasteiger partial charge in [-0.1, -0.05) is 49.8 Å². The molecule has 2 aromatic carbocycles. The second kappa shape index (κ2) is 5.69. The molecule has 0 aliphatic carbocycles. The summed E-state index contributed by atoms with van der Waals surface area (Å²) in [5.74, 6) is 3.27. The van der Waals surface area contributed by atoms with Crippen molar-refractivity contribution in [1.82, 2.24) is 0 Å². The van der Waals surface area contributed by atoms with Crippen molar-refractivity contribution in [2.45, 2.75) is 24.5 Å². The molecule has 0 amide bonds. The van der Waals surface area contributed by atoms with E-state index in [1.807, 2.05) is 12.1 Å². The van der Waals surface area contributed by atoms with E-state index in [0.717, 1.165) is 10.5 Å². The zero-order valence-corrected chi connectivity index (χ0v) is 13.5. The minimum absolute atomic E-state index is 0.987. The van der Waals surface area contributed by atoms with Crippen molar-refractivity contribution in [2.24, 2.45) is 0 Å². The van der Waals surface area contributed by atoms with Gasteiger partial charge in [0.1, 0.15) is 8.07 Å². The Labute approximate surface area is 122 Å². The maximum absolute atomic E-state index is 4.30. The van der Waals surface area contributed by atoms with E-state index in [1.165, 1.54) is 11.1 Å². The van der Waals surface area contributed by atoms with E-state index in [9.17, 15) is 0 Å². The van der Waals surface area contributed by atoms with E-state index in [4.69, 9.17) is 0 Å². The zero-order chi connectivity index (χ0) is 13.9. The van der Waals surface area contributed by atoms with Crippen LogP contribution in [-0.2, 0) is 0 Å². The molecule has 0 atom stereocenters. The van der Waals surface area contributed by atoms with Gasteiger partial charge in [0.05, 0.1) is 0 Å². The monoisotopic (exact) mass is 282 g/mol. The average molecular weight is 282 g/mol. The van der Waals surface area contributed by atoms with E-state index in [0.29, 0.717) is 0 Å². The standard InChI is InChI=1S/C17H18SSi/c1-19(2,3)13-12-14-4-6-15(7-5-14)16-8-10-17(18)11-9-16/h4-11,18H,1-3H3. The maximum atomic E-state index is 4.30. The van der Waals surface area contributed by atoms with E-state index in [2.05, 4.69) is 80.1 Å². The summed E-state index contributed by atoms with van der Waals surface area (Å²) >= 11 is 4.30. The van der Waals surface area contributed by atoms with E-state index >= 15 is 0 Å². The van der Waals surface area contributed by atoms with Gasteiger partial charge in [-0.2, -0.15) is 0 Å². The van der Waals surface area contributed by atoms with Gasteiger partial charge in [-0.15, -0.1) is 18.2 Å². The van der Waals surface area contributed by atoms with E-state index in [1.54, 1.807) is 0 Å². The van der Waals surface area contributed by atoms with Crippen LogP contribution in [0.5, 0.6) is 0 Å². The summed E-state index contributed by atoms with van der Waals surface area (Å²) in [6.45, 7) is 6.77. The lowest BCUT2D eigenvalue weighted by atomic mass is 10.0. The SMILES string of the molecule is C[Si](C)(C)C#Cc1ccc(-c2ccc(S)cc2)cc1. The van der Waals surface area contributed by atoms with Gasteiger partial charge >= 0.3 is 0 Å². The fourth-order valence-electron chi connectivity index (χ4n) is 1.66. The van der Waals surface area contributed by atoms with Crippen LogP contribution in [0, 0.1) is 11.5 Å². The fourth-order valence-corrected chi connectivity index (χ4v) is 2.33. The molecule has 0 aromatic heterocycles. The molecule has 0 aliphatic heterocycles. The van der Waals surface area contributed by atoms with Crippen LogP contribution < -0.4 is 0 Å². The molecule has 0 fully saturated rings. The summed E-state index contributed by atoms with van der Waals surface area (Å²) in [5.41, 5.74) is 6.90. The van der Waals surface area contributed by atoms with Crippen molar-refractivity contribution >= 4 is 20.7 Å². The van der Waals surface area contributed by atoms with Crippen molar-refractivity contribution in [3.8, 4) is 22.6 Å². The van der Waals surface area contributed by atoms with Crippen LogP contribution in [0.2, 0.25) is 19.6 Å². The first kappa shape index (κ1) is 14.0. The van der Waals surface area contributed by atoms with Crippen molar-refractivity contribution in [2.75, 3.05) is 0 Å². The highest BCUT2D eigenvalue weighted by Gasteiger charge is 2.07. The Morgan fingerprint density at radius 3 is 1.74 bits per heavy atom. The molecule has 2 aromatic rings. The Bertz CT molecular complexity index is 608. The molecule has 0 nitrogen and oxygen atoms in total. The number of benzene rings is 2. The van der Waals surface area contributed by atoms with Crippen LogP contribution in [-0.4, -0.2) is 8.07 Å². The van der Waals surface area contributed by atoms with Gasteiger partial charge in [0, 0.05) is 10.5 Å². The van der Waals surface area contributed by atoms with Gasteiger partial charge in [0.2, 0.25) is 0 Å². The molecule has 0 saturated heterocycles. The van der Waals surface area contributed by atoms with Gasteiger partial charge in [-0.3, -0.25) is 0 Å². The molecule has 19 heavy (non-hydrogen) atoms. The zero-order valence-electron chi connectivity index (χ0n) is 11.6. The third kappa shape index (κ3) is 4.31. The van der Waals surface area contributed by atoms with Crippen LogP contribution in [0.4, 0.5) is 0 Å². The largest absolute Gasteiger partial charge is 0.143 e. The van der Waals surface area contributed by atoms with E-state index < -0.39 is 8.07 Å². The molecular formula is C17H18SSi. The highest BCUT2D eigenvalue weighted by molar-refractivity contribution is 7.80. The Morgan fingerprint density at radius 2 is 1.26 bits per heavy atom. The van der Waals surface area contributed by atoms with Crippen molar-refractivity contribution in [3.05, 3.63) is 54.1 Å². The minimum atomic E-state index is -1.29. The molecule has 0 bridgehead atoms. The molecule has 2 heteroatoms. The maximum Gasteiger partial charge on any atom is 0.129 e. The number of rotatable bonds is 1. The fraction of sp³-hybridized carbons (Fsp3) is 0.176. The first-order chi connectivity index (χ1) is 8.94. The summed E-state index contributed by atoms with van der Waals surface area (Å²) in [5, 5.41) is 0. The lowest BCUT2D eigenvalue weighted by molar-refractivity contribution is 1.47. The van der Waals surface area contributed by atoms with Crippen LogP contribution >= 0.6 is 12.6 Å². The van der Waals surface area contributed by atoms with E-state index in [-0.39, 0.29) is 0 Å². The van der Waals surface area contributed by atoms with Gasteiger partial charge in [0.15, 0.2) is 0 Å². The van der Waals surface area contributed by atoms with Crippen LogP contribution in [0.3, 0.4) is 0 Å². The molecule has 0 N–H and O–H groups in total. The van der Waals surface area contributed by atoms with Crippen LogP contribution in [0.25, 0.3) is 11.1 Å². The van der Waals surface area contributed by atoms with Gasteiger partial charge in [-0.25, -0.2) is 0 Å². The summed E-state index contributed by atoms with van der Waals surface area (Å²) < 4.78 is 0. The van der Waals surface area contributed by atoms with Crippen molar-refractivity contribution in [3.63, 3.8) is 0 Å². The Morgan fingerprint density at radius 1 is 0.789 bits per heavy atom. The molecule has 0 spiro atoms. The summed E-state index contributed by atoms with van der Waals surface area (Å²) in [7, 11) is -1.29. The second-order valence-electron chi connectivity index (χ2n) is 5.62. The van der Waals surface area contributed by atoms with Gasteiger partial charge in [0.25, 0.3) is 0 Å².